The molecule has 4 nitrogen and oxygen atoms in total. The molecule has 2 aromatic carbocycles. The normalized spacial score (nSPS) is 10.5. The molecule has 1 aromatic heterocycles. The van der Waals surface area contributed by atoms with E-state index in [0.29, 0.717) is 17.4 Å². The average Bonchev–Trinajstić information content (AvgIpc) is 2.67. The van der Waals surface area contributed by atoms with Crippen LogP contribution in [0.3, 0.4) is 0 Å². The molecule has 1 heterocycles. The number of pyridine rings is 1. The van der Waals surface area contributed by atoms with Crippen molar-refractivity contribution in [2.45, 2.75) is 6.42 Å². The van der Waals surface area contributed by atoms with E-state index in [-0.39, 0.29) is 5.56 Å². The number of halogens is 3. The van der Waals surface area contributed by atoms with Crippen LogP contribution in [0.25, 0.3) is 0 Å². The van der Waals surface area contributed by atoms with Gasteiger partial charge in [-0.05, 0) is 48.4 Å². The number of amides is 1. The highest BCUT2D eigenvalue weighted by Gasteiger charge is 2.13. The van der Waals surface area contributed by atoms with Crippen molar-refractivity contribution in [1.82, 2.24) is 4.98 Å². The zero-order valence-electron chi connectivity index (χ0n) is 14.2. The summed E-state index contributed by atoms with van der Waals surface area (Å²) in [6.07, 6.45) is 2.13. The largest absolute Gasteiger partial charge is 0.370 e. The summed E-state index contributed by atoms with van der Waals surface area (Å²) in [5.41, 5.74) is 0.850. The van der Waals surface area contributed by atoms with Crippen LogP contribution in [0.5, 0.6) is 0 Å². The lowest BCUT2D eigenvalue weighted by atomic mass is 10.1. The first-order valence-corrected chi connectivity index (χ1v) is 8.60. The maximum absolute atomic E-state index is 13.6. The number of nitrogens with one attached hydrogen (secondary N) is 2. The molecule has 7 heteroatoms. The molecule has 0 saturated carbocycles. The Labute approximate surface area is 160 Å². The zero-order chi connectivity index (χ0) is 19.2. The Kier molecular flexibility index (Phi) is 5.98. The summed E-state index contributed by atoms with van der Waals surface area (Å²) >= 11 is 5.85. The summed E-state index contributed by atoms with van der Waals surface area (Å²) in [5.74, 6) is -1.72. The van der Waals surface area contributed by atoms with Crippen LogP contribution in [0, 0.1) is 11.6 Å². The lowest BCUT2D eigenvalue weighted by molar-refractivity contribution is 0.102. The van der Waals surface area contributed by atoms with E-state index >= 15 is 0 Å². The van der Waals surface area contributed by atoms with Crippen molar-refractivity contribution in [2.75, 3.05) is 17.2 Å². The number of anilines is 2. The minimum absolute atomic E-state index is 0.195. The van der Waals surface area contributed by atoms with Gasteiger partial charge in [-0.15, -0.1) is 0 Å². The number of aromatic nitrogens is 1. The molecule has 138 valence electrons. The van der Waals surface area contributed by atoms with Crippen molar-refractivity contribution < 1.29 is 13.6 Å². The number of carbonyl (C=O) groups excluding carboxylic acids is 1. The first-order valence-electron chi connectivity index (χ1n) is 8.22. The molecule has 3 rings (SSSR count). The van der Waals surface area contributed by atoms with Crippen LogP contribution in [0.1, 0.15) is 15.9 Å². The van der Waals surface area contributed by atoms with E-state index in [9.17, 15) is 13.6 Å². The number of hydrogen-bond acceptors (Lipinski definition) is 3. The average molecular weight is 388 g/mol. The van der Waals surface area contributed by atoms with Crippen molar-refractivity contribution in [2.24, 2.45) is 0 Å². The van der Waals surface area contributed by atoms with Gasteiger partial charge in [-0.25, -0.2) is 13.8 Å². The minimum Gasteiger partial charge on any atom is -0.370 e. The Bertz CT molecular complexity index is 911. The second-order valence-electron chi connectivity index (χ2n) is 5.79. The zero-order valence-corrected chi connectivity index (χ0v) is 14.9. The van der Waals surface area contributed by atoms with Crippen LogP contribution in [-0.2, 0) is 6.42 Å². The predicted octanol–water partition coefficient (Wildman–Crippen LogP) is 4.92. The van der Waals surface area contributed by atoms with Crippen LogP contribution in [0.2, 0.25) is 5.02 Å². The third kappa shape index (κ3) is 5.01. The van der Waals surface area contributed by atoms with E-state index in [0.717, 1.165) is 24.1 Å². The Morgan fingerprint density at radius 1 is 1.00 bits per heavy atom. The highest BCUT2D eigenvalue weighted by atomic mass is 35.5. The summed E-state index contributed by atoms with van der Waals surface area (Å²) in [6.45, 7) is 0.653. The summed E-state index contributed by atoms with van der Waals surface area (Å²) in [5, 5.41) is 6.06. The maximum Gasteiger partial charge on any atom is 0.257 e. The second-order valence-corrected chi connectivity index (χ2v) is 6.22. The molecule has 27 heavy (non-hydrogen) atoms. The van der Waals surface area contributed by atoms with Gasteiger partial charge in [0.15, 0.2) is 0 Å². The van der Waals surface area contributed by atoms with Crippen molar-refractivity contribution >= 4 is 29.0 Å². The summed E-state index contributed by atoms with van der Waals surface area (Å²) in [7, 11) is 0. The van der Waals surface area contributed by atoms with Crippen molar-refractivity contribution in [3.63, 3.8) is 0 Å². The van der Waals surface area contributed by atoms with Crippen LogP contribution in [0.15, 0.2) is 60.8 Å². The Morgan fingerprint density at radius 2 is 1.70 bits per heavy atom. The first kappa shape index (κ1) is 18.8. The minimum atomic E-state index is -0.836. The van der Waals surface area contributed by atoms with Gasteiger partial charge in [0.05, 0.1) is 5.56 Å². The van der Waals surface area contributed by atoms with Gasteiger partial charge >= 0.3 is 0 Å². The van der Waals surface area contributed by atoms with Gasteiger partial charge in [0, 0.05) is 17.8 Å². The Hall–Kier alpha value is -2.99. The van der Waals surface area contributed by atoms with Gasteiger partial charge in [0.1, 0.15) is 23.1 Å². The molecule has 0 bridgehead atoms. The predicted molar refractivity (Wildman–Crippen MR) is 102 cm³/mol. The smallest absolute Gasteiger partial charge is 0.257 e. The molecule has 0 spiro atoms. The molecule has 3 aromatic rings. The number of benzene rings is 2. The number of para-hydroxylation sites is 1. The van der Waals surface area contributed by atoms with E-state index in [2.05, 4.69) is 15.6 Å². The molecule has 0 unspecified atom stereocenters. The van der Waals surface area contributed by atoms with Crippen LogP contribution >= 0.6 is 11.6 Å². The van der Waals surface area contributed by atoms with E-state index in [1.807, 2.05) is 24.3 Å². The van der Waals surface area contributed by atoms with E-state index in [1.165, 1.54) is 18.3 Å². The van der Waals surface area contributed by atoms with Crippen LogP contribution in [-0.4, -0.2) is 17.4 Å². The molecule has 0 saturated heterocycles. The number of hydrogen-bond donors (Lipinski definition) is 2. The number of carbonyl (C=O) groups is 1. The maximum atomic E-state index is 13.6. The fraction of sp³-hybridized carbons (Fsp3) is 0.100. The summed E-state index contributed by atoms with van der Waals surface area (Å²) < 4.78 is 27.2. The standard InChI is InChI=1S/C20H16ClF2N3O/c21-15-7-4-13(5-8-15)10-11-24-18-9-6-14(12-25-18)20(27)26-19-16(22)2-1-3-17(19)23/h1-9,12H,10-11H2,(H,24,25)(H,26,27). The third-order valence-corrected chi connectivity index (χ3v) is 4.11. The first-order chi connectivity index (χ1) is 13.0. The SMILES string of the molecule is O=C(Nc1c(F)cccc1F)c1ccc(NCCc2ccc(Cl)cc2)nc1. The molecule has 2 N–H and O–H groups in total. The molecule has 0 atom stereocenters. The van der Waals surface area contributed by atoms with Gasteiger partial charge in [-0.3, -0.25) is 4.79 Å². The van der Waals surface area contributed by atoms with Crippen molar-refractivity contribution in [3.05, 3.63) is 88.6 Å². The molecule has 0 fully saturated rings. The lowest BCUT2D eigenvalue weighted by Gasteiger charge is -2.09. The van der Waals surface area contributed by atoms with Gasteiger partial charge in [0.25, 0.3) is 5.91 Å². The third-order valence-electron chi connectivity index (χ3n) is 3.86. The fourth-order valence-electron chi connectivity index (χ4n) is 2.42. The monoisotopic (exact) mass is 387 g/mol. The van der Waals surface area contributed by atoms with Gasteiger partial charge in [-0.2, -0.15) is 0 Å². The van der Waals surface area contributed by atoms with Gasteiger partial charge in [-0.1, -0.05) is 29.8 Å². The number of nitrogens with zero attached hydrogens (tertiary/aromatic N) is 1. The second kappa shape index (κ2) is 8.60. The fourth-order valence-corrected chi connectivity index (χ4v) is 2.55. The Morgan fingerprint density at radius 3 is 2.33 bits per heavy atom. The van der Waals surface area contributed by atoms with E-state index in [4.69, 9.17) is 11.6 Å². The van der Waals surface area contributed by atoms with Crippen molar-refractivity contribution in [1.29, 1.82) is 0 Å². The molecular weight excluding hydrogens is 372 g/mol. The molecule has 0 aliphatic rings. The van der Waals surface area contributed by atoms with E-state index < -0.39 is 23.2 Å². The lowest BCUT2D eigenvalue weighted by Crippen LogP contribution is -2.15. The van der Waals surface area contributed by atoms with E-state index in [1.54, 1.807) is 6.07 Å². The van der Waals surface area contributed by atoms with Crippen LogP contribution < -0.4 is 10.6 Å². The molecular formula is C20H16ClF2N3O. The molecule has 0 radical (unpaired) electrons. The quantitative estimate of drug-likeness (QED) is 0.631. The highest BCUT2D eigenvalue weighted by Crippen LogP contribution is 2.19. The van der Waals surface area contributed by atoms with Gasteiger partial charge < -0.3 is 10.6 Å². The van der Waals surface area contributed by atoms with Crippen molar-refractivity contribution in [3.8, 4) is 0 Å². The molecule has 0 aliphatic carbocycles. The highest BCUT2D eigenvalue weighted by molar-refractivity contribution is 6.30. The summed E-state index contributed by atoms with van der Waals surface area (Å²) in [4.78, 5) is 16.3. The van der Waals surface area contributed by atoms with Gasteiger partial charge in [0.2, 0.25) is 0 Å². The molecule has 1 amide bonds. The number of rotatable bonds is 6. The topological polar surface area (TPSA) is 54.0 Å². The Balaban J connectivity index is 1.56. The van der Waals surface area contributed by atoms with Crippen LogP contribution in [0.4, 0.5) is 20.3 Å². The summed E-state index contributed by atoms with van der Waals surface area (Å²) in [6, 6.07) is 14.1. The molecule has 0 aliphatic heterocycles.